The number of benzene rings is 1. The summed E-state index contributed by atoms with van der Waals surface area (Å²) in [6.45, 7) is 1.20. The minimum Gasteiger partial charge on any atom is -0.503 e. The molecule has 0 radical (unpaired) electrons. The highest BCUT2D eigenvalue weighted by Gasteiger charge is 2.25. The Hall–Kier alpha value is -2.51. The van der Waals surface area contributed by atoms with E-state index < -0.39 is 28.8 Å². The van der Waals surface area contributed by atoms with Gasteiger partial charge in [-0.3, -0.25) is 4.79 Å². The van der Waals surface area contributed by atoms with E-state index in [1.807, 2.05) is 0 Å². The third-order valence-corrected chi connectivity index (χ3v) is 3.52. The summed E-state index contributed by atoms with van der Waals surface area (Å²) in [6, 6.07) is 1.67. The Bertz CT molecular complexity index is 739. The van der Waals surface area contributed by atoms with Gasteiger partial charge >= 0.3 is 0 Å². The summed E-state index contributed by atoms with van der Waals surface area (Å²) >= 11 is 0. The lowest BCUT2D eigenvalue weighted by atomic mass is 10.1. The highest BCUT2D eigenvalue weighted by molar-refractivity contribution is 5.93. The number of rotatable bonds is 2. The first-order valence-corrected chi connectivity index (χ1v) is 6.62. The molecule has 116 valence electrons. The van der Waals surface area contributed by atoms with Crippen LogP contribution in [0.25, 0.3) is 11.3 Å². The van der Waals surface area contributed by atoms with E-state index in [1.54, 1.807) is 4.90 Å². The van der Waals surface area contributed by atoms with Crippen molar-refractivity contribution in [3.63, 3.8) is 0 Å². The van der Waals surface area contributed by atoms with Crippen molar-refractivity contribution in [3.05, 3.63) is 35.3 Å². The van der Waals surface area contributed by atoms with Crippen molar-refractivity contribution >= 4 is 5.91 Å². The zero-order chi connectivity index (χ0) is 15.9. The van der Waals surface area contributed by atoms with Gasteiger partial charge in [-0.2, -0.15) is 4.39 Å². The Morgan fingerprint density at radius 3 is 2.55 bits per heavy atom. The maximum atomic E-state index is 13.8. The monoisotopic (exact) mass is 312 g/mol. The fourth-order valence-electron chi connectivity index (χ4n) is 2.35. The van der Waals surface area contributed by atoms with Crippen LogP contribution in [0.5, 0.6) is 5.75 Å². The summed E-state index contributed by atoms with van der Waals surface area (Å²) in [5.74, 6) is -6.59. The maximum absolute atomic E-state index is 13.8. The van der Waals surface area contributed by atoms with Crippen LogP contribution in [-0.2, 0) is 0 Å². The van der Waals surface area contributed by atoms with Crippen molar-refractivity contribution in [2.45, 2.75) is 12.8 Å². The quantitative estimate of drug-likeness (QED) is 0.866. The standard InChI is InChI=1S/C14H11F3N2O3/c15-8-5-7(11(16)13(20)12(8)17)10-6-9(18-22-10)14(21)19-3-1-2-4-19/h5-6,20H,1-4H2. The van der Waals surface area contributed by atoms with Gasteiger partial charge in [-0.15, -0.1) is 0 Å². The van der Waals surface area contributed by atoms with E-state index in [-0.39, 0.29) is 17.4 Å². The van der Waals surface area contributed by atoms with Crippen molar-refractivity contribution in [3.8, 4) is 17.1 Å². The first-order valence-electron chi connectivity index (χ1n) is 6.62. The van der Waals surface area contributed by atoms with Crippen LogP contribution >= 0.6 is 0 Å². The molecule has 0 aliphatic carbocycles. The first-order chi connectivity index (χ1) is 10.5. The van der Waals surface area contributed by atoms with Crippen LogP contribution in [0.3, 0.4) is 0 Å². The lowest BCUT2D eigenvalue weighted by Crippen LogP contribution is -2.27. The van der Waals surface area contributed by atoms with E-state index in [0.717, 1.165) is 18.9 Å². The van der Waals surface area contributed by atoms with Crippen molar-refractivity contribution in [1.82, 2.24) is 10.1 Å². The third kappa shape index (κ3) is 2.30. The Morgan fingerprint density at radius 2 is 1.86 bits per heavy atom. The largest absolute Gasteiger partial charge is 0.503 e. The van der Waals surface area contributed by atoms with Gasteiger partial charge in [0, 0.05) is 19.2 Å². The summed E-state index contributed by atoms with van der Waals surface area (Å²) < 4.78 is 45.0. The zero-order valence-electron chi connectivity index (χ0n) is 11.3. The SMILES string of the molecule is O=C(c1cc(-c2cc(F)c(F)c(O)c2F)on1)N1CCCC1. The topological polar surface area (TPSA) is 66.6 Å². The molecule has 22 heavy (non-hydrogen) atoms. The number of carbonyl (C=O) groups is 1. The van der Waals surface area contributed by atoms with Gasteiger partial charge in [0.1, 0.15) is 0 Å². The van der Waals surface area contributed by atoms with E-state index in [2.05, 4.69) is 5.16 Å². The molecule has 8 heteroatoms. The van der Waals surface area contributed by atoms with Crippen LogP contribution in [0, 0.1) is 17.5 Å². The zero-order valence-corrected chi connectivity index (χ0v) is 11.3. The van der Waals surface area contributed by atoms with Crippen molar-refractivity contribution in [2.24, 2.45) is 0 Å². The van der Waals surface area contributed by atoms with Gasteiger partial charge in [0.05, 0.1) is 5.56 Å². The average Bonchev–Trinajstić information content (AvgIpc) is 3.19. The van der Waals surface area contributed by atoms with Crippen LogP contribution in [-0.4, -0.2) is 34.2 Å². The maximum Gasteiger partial charge on any atom is 0.276 e. The second kappa shape index (κ2) is 5.36. The number of aromatic hydroxyl groups is 1. The first kappa shape index (κ1) is 14.4. The number of amides is 1. The minimum atomic E-state index is -1.69. The molecule has 0 unspecified atom stereocenters. The molecule has 0 spiro atoms. The van der Waals surface area contributed by atoms with E-state index >= 15 is 0 Å². The molecule has 1 fully saturated rings. The van der Waals surface area contributed by atoms with E-state index in [0.29, 0.717) is 19.2 Å². The van der Waals surface area contributed by atoms with Gasteiger partial charge in [0.2, 0.25) is 5.82 Å². The molecule has 1 aromatic carbocycles. The number of phenolic OH excluding ortho intramolecular Hbond substituents is 1. The van der Waals surface area contributed by atoms with Crippen LogP contribution in [0.4, 0.5) is 13.2 Å². The highest BCUT2D eigenvalue weighted by atomic mass is 19.2. The molecule has 1 aliphatic rings. The van der Waals surface area contributed by atoms with Gasteiger partial charge in [0.25, 0.3) is 5.91 Å². The molecule has 1 saturated heterocycles. The number of halogens is 3. The van der Waals surface area contributed by atoms with E-state index in [4.69, 9.17) is 4.52 Å². The molecule has 0 saturated carbocycles. The predicted molar refractivity (Wildman–Crippen MR) is 68.6 cm³/mol. The smallest absolute Gasteiger partial charge is 0.276 e. The Balaban J connectivity index is 1.96. The Kier molecular flexibility index (Phi) is 3.51. The van der Waals surface area contributed by atoms with Crippen LogP contribution in [0.15, 0.2) is 16.7 Å². The van der Waals surface area contributed by atoms with Crippen LogP contribution < -0.4 is 0 Å². The van der Waals surface area contributed by atoms with Crippen molar-refractivity contribution < 1.29 is 27.6 Å². The molecule has 3 rings (SSSR count). The van der Waals surface area contributed by atoms with Gasteiger partial charge in [-0.25, -0.2) is 8.78 Å². The third-order valence-electron chi connectivity index (χ3n) is 3.52. The number of nitrogens with zero attached hydrogens (tertiary/aromatic N) is 2. The molecule has 1 N–H and O–H groups in total. The molecule has 1 amide bonds. The summed E-state index contributed by atoms with van der Waals surface area (Å²) in [5.41, 5.74) is -0.565. The summed E-state index contributed by atoms with van der Waals surface area (Å²) in [5, 5.41) is 12.7. The lowest BCUT2D eigenvalue weighted by Gasteiger charge is -2.12. The molecule has 5 nitrogen and oxygen atoms in total. The molecular formula is C14H11F3N2O3. The van der Waals surface area contributed by atoms with Gasteiger partial charge in [0.15, 0.2) is 28.8 Å². The van der Waals surface area contributed by atoms with Crippen molar-refractivity contribution in [1.29, 1.82) is 0 Å². The predicted octanol–water partition coefficient (Wildman–Crippen LogP) is 2.70. The summed E-state index contributed by atoms with van der Waals surface area (Å²) in [7, 11) is 0. The van der Waals surface area contributed by atoms with E-state index in [9.17, 15) is 23.1 Å². The number of aromatic nitrogens is 1. The number of hydrogen-bond acceptors (Lipinski definition) is 4. The van der Waals surface area contributed by atoms with E-state index in [1.165, 1.54) is 0 Å². The number of carbonyl (C=O) groups excluding carboxylic acids is 1. The summed E-state index contributed by atoms with van der Waals surface area (Å²) in [4.78, 5) is 13.7. The molecular weight excluding hydrogens is 301 g/mol. The van der Waals surface area contributed by atoms with Gasteiger partial charge in [-0.05, 0) is 18.9 Å². The number of phenols is 1. The number of likely N-dealkylation sites (tertiary alicyclic amines) is 1. The van der Waals surface area contributed by atoms with Crippen LogP contribution in [0.1, 0.15) is 23.3 Å². The van der Waals surface area contributed by atoms with Crippen LogP contribution in [0.2, 0.25) is 0 Å². The molecule has 1 aromatic heterocycles. The average molecular weight is 312 g/mol. The Morgan fingerprint density at radius 1 is 1.18 bits per heavy atom. The second-order valence-corrected chi connectivity index (χ2v) is 4.96. The summed E-state index contributed by atoms with van der Waals surface area (Å²) in [6.07, 6.45) is 1.78. The number of hydrogen-bond donors (Lipinski definition) is 1. The second-order valence-electron chi connectivity index (χ2n) is 4.96. The van der Waals surface area contributed by atoms with Gasteiger partial charge < -0.3 is 14.5 Å². The minimum absolute atomic E-state index is 0.0551. The fraction of sp³-hybridized carbons (Fsp3) is 0.286. The molecule has 0 bridgehead atoms. The Labute approximate surface area is 122 Å². The normalized spacial score (nSPS) is 14.6. The molecule has 2 aromatic rings. The lowest BCUT2D eigenvalue weighted by molar-refractivity contribution is 0.0782. The molecule has 2 heterocycles. The van der Waals surface area contributed by atoms with Gasteiger partial charge in [-0.1, -0.05) is 5.16 Å². The fourth-order valence-corrected chi connectivity index (χ4v) is 2.35. The molecule has 0 atom stereocenters. The molecule has 1 aliphatic heterocycles. The highest BCUT2D eigenvalue weighted by Crippen LogP contribution is 2.33. The van der Waals surface area contributed by atoms with Crippen molar-refractivity contribution in [2.75, 3.05) is 13.1 Å².